The zero-order chi connectivity index (χ0) is 27.4. The summed E-state index contributed by atoms with van der Waals surface area (Å²) in [4.78, 5) is 10.2. The third-order valence-corrected chi connectivity index (χ3v) is 6.67. The lowest BCUT2D eigenvalue weighted by atomic mass is 10.0. The van der Waals surface area contributed by atoms with Gasteiger partial charge in [0.2, 0.25) is 5.95 Å². The van der Waals surface area contributed by atoms with Gasteiger partial charge in [-0.1, -0.05) is 29.4 Å². The van der Waals surface area contributed by atoms with Crippen LogP contribution in [0.15, 0.2) is 58.2 Å². The number of nitrogens with zero attached hydrogens (tertiary/aromatic N) is 5. The molecule has 7 nitrogen and oxygen atoms in total. The van der Waals surface area contributed by atoms with E-state index in [2.05, 4.69) is 32.3 Å². The summed E-state index contributed by atoms with van der Waals surface area (Å²) in [5.41, 5.74) is 0.267. The maximum absolute atomic E-state index is 13.6. The highest BCUT2D eigenvalue weighted by Crippen LogP contribution is 2.41. The number of hydrogen-bond acceptors (Lipinski definition) is 6. The second kappa shape index (κ2) is 9.17. The summed E-state index contributed by atoms with van der Waals surface area (Å²) >= 11 is 0. The van der Waals surface area contributed by atoms with Gasteiger partial charge in [0.25, 0.3) is 0 Å². The largest absolute Gasteiger partial charge is 0.417 e. The molecule has 0 radical (unpaired) electrons. The van der Waals surface area contributed by atoms with Crippen molar-refractivity contribution in [1.82, 2.24) is 20.1 Å². The predicted molar refractivity (Wildman–Crippen MR) is 129 cm³/mol. The fraction of sp³-hybridized carbons (Fsp3) is 0.269. The van der Waals surface area contributed by atoms with E-state index in [0.717, 1.165) is 42.5 Å². The molecule has 0 saturated carbocycles. The molecular weight excluding hydrogens is 526 g/mol. The van der Waals surface area contributed by atoms with E-state index in [1.54, 1.807) is 11.2 Å². The molecule has 2 aromatic carbocycles. The molecule has 0 bridgehead atoms. The van der Waals surface area contributed by atoms with E-state index in [0.29, 0.717) is 18.6 Å². The molecule has 2 aliphatic rings. The highest BCUT2D eigenvalue weighted by molar-refractivity contribution is 5.81. The standard InChI is InChI=1S/C26H20F6N6O/c27-25(28,29)16-7-8-18(19(10-16)26(30,31)32)20-11-17(39-36-20)13-37-14-22-21(12-33-37)34-24(35-22)38-9-3-5-15-4-1-2-6-23(15)38/h1-2,4,6-8,10-12H,3,5,9,13-14H2,(H,34,35). The Kier molecular flexibility index (Phi) is 5.88. The van der Waals surface area contributed by atoms with Gasteiger partial charge in [0, 0.05) is 23.9 Å². The van der Waals surface area contributed by atoms with Crippen molar-refractivity contribution in [2.45, 2.75) is 38.3 Å². The summed E-state index contributed by atoms with van der Waals surface area (Å²) in [6, 6.07) is 10.8. The molecule has 0 spiro atoms. The third kappa shape index (κ3) is 4.84. The molecular formula is C26H20F6N6O. The number of halogens is 6. The molecule has 4 aromatic rings. The number of hydrogen-bond donors (Lipinski definition) is 1. The Balaban J connectivity index is 1.20. The van der Waals surface area contributed by atoms with Crippen LogP contribution >= 0.6 is 0 Å². The fourth-order valence-corrected chi connectivity index (χ4v) is 4.84. The Morgan fingerprint density at radius 1 is 0.974 bits per heavy atom. The predicted octanol–water partition coefficient (Wildman–Crippen LogP) is 6.54. The molecule has 0 unspecified atom stereocenters. The zero-order valence-electron chi connectivity index (χ0n) is 20.1. The fourth-order valence-electron chi connectivity index (χ4n) is 4.84. The Labute approximate surface area is 217 Å². The number of aromatic amines is 1. The average molecular weight is 546 g/mol. The topological polar surface area (TPSA) is 73.6 Å². The van der Waals surface area contributed by atoms with E-state index in [9.17, 15) is 26.3 Å². The Hall–Kier alpha value is -4.29. The molecule has 2 aromatic heterocycles. The number of anilines is 2. The Morgan fingerprint density at radius 3 is 2.59 bits per heavy atom. The molecule has 6 rings (SSSR count). The van der Waals surface area contributed by atoms with Crippen molar-refractivity contribution in [1.29, 1.82) is 0 Å². The van der Waals surface area contributed by atoms with Crippen molar-refractivity contribution in [3.8, 4) is 11.3 Å². The molecule has 39 heavy (non-hydrogen) atoms. The van der Waals surface area contributed by atoms with E-state index in [1.165, 1.54) is 11.6 Å². The summed E-state index contributed by atoms with van der Waals surface area (Å²) in [7, 11) is 0. The smallest absolute Gasteiger partial charge is 0.359 e. The lowest BCUT2D eigenvalue weighted by Crippen LogP contribution is -2.25. The van der Waals surface area contributed by atoms with Crippen LogP contribution in [0.4, 0.5) is 38.0 Å². The number of nitrogens with one attached hydrogen (secondary N) is 1. The van der Waals surface area contributed by atoms with Crippen LogP contribution in [-0.2, 0) is 31.9 Å². The second-order valence-electron chi connectivity index (χ2n) is 9.31. The first-order valence-corrected chi connectivity index (χ1v) is 12.0. The molecule has 2 aliphatic heterocycles. The zero-order valence-corrected chi connectivity index (χ0v) is 20.1. The maximum Gasteiger partial charge on any atom is 0.417 e. The van der Waals surface area contributed by atoms with Gasteiger partial charge in [-0.2, -0.15) is 31.4 Å². The maximum atomic E-state index is 13.6. The lowest BCUT2D eigenvalue weighted by Gasteiger charge is -2.29. The van der Waals surface area contributed by atoms with Crippen molar-refractivity contribution in [3.05, 3.63) is 82.4 Å². The van der Waals surface area contributed by atoms with Crippen molar-refractivity contribution in [2.75, 3.05) is 11.4 Å². The highest BCUT2D eigenvalue weighted by atomic mass is 19.4. The van der Waals surface area contributed by atoms with Gasteiger partial charge in [0.05, 0.1) is 41.8 Å². The SMILES string of the molecule is FC(F)(F)c1ccc(-c2cc(CN3Cc4nc(N5CCCc6ccccc65)[nH]c4C=N3)on2)c(C(F)(F)F)c1. The van der Waals surface area contributed by atoms with Crippen LogP contribution in [0.2, 0.25) is 0 Å². The Morgan fingerprint density at radius 2 is 1.79 bits per heavy atom. The van der Waals surface area contributed by atoms with Gasteiger partial charge >= 0.3 is 12.4 Å². The summed E-state index contributed by atoms with van der Waals surface area (Å²) in [6.45, 7) is 1.19. The summed E-state index contributed by atoms with van der Waals surface area (Å²) in [5, 5.41) is 9.67. The number of aryl methyl sites for hydroxylation is 1. The van der Waals surface area contributed by atoms with Gasteiger partial charge in [0.1, 0.15) is 5.69 Å². The normalized spacial score (nSPS) is 15.4. The van der Waals surface area contributed by atoms with E-state index in [4.69, 9.17) is 9.51 Å². The van der Waals surface area contributed by atoms with Gasteiger partial charge in [-0.15, -0.1) is 0 Å². The number of imidazole rings is 1. The number of benzene rings is 2. The number of alkyl halides is 6. The van der Waals surface area contributed by atoms with Crippen molar-refractivity contribution >= 4 is 17.9 Å². The minimum atomic E-state index is -5.02. The molecule has 0 amide bonds. The minimum Gasteiger partial charge on any atom is -0.359 e. The van der Waals surface area contributed by atoms with Crippen LogP contribution in [0, 0.1) is 0 Å². The molecule has 1 N–H and O–H groups in total. The van der Waals surface area contributed by atoms with E-state index < -0.39 is 29.0 Å². The number of fused-ring (bicyclic) bond motifs is 2. The molecule has 0 saturated heterocycles. The molecule has 0 fully saturated rings. The summed E-state index contributed by atoms with van der Waals surface area (Å²) in [5.74, 6) is 0.892. The van der Waals surface area contributed by atoms with Gasteiger partial charge in [-0.25, -0.2) is 4.98 Å². The van der Waals surface area contributed by atoms with E-state index >= 15 is 0 Å². The van der Waals surface area contributed by atoms with Crippen molar-refractivity contribution < 1.29 is 30.9 Å². The number of para-hydroxylation sites is 1. The minimum absolute atomic E-state index is 0.0691. The number of aromatic nitrogens is 3. The molecule has 0 atom stereocenters. The van der Waals surface area contributed by atoms with Crippen LogP contribution in [0.3, 0.4) is 0 Å². The summed E-state index contributed by atoms with van der Waals surface area (Å²) < 4.78 is 85.0. The highest BCUT2D eigenvalue weighted by Gasteiger charge is 2.39. The second-order valence-corrected chi connectivity index (χ2v) is 9.31. The van der Waals surface area contributed by atoms with Gasteiger partial charge in [-0.05, 0) is 36.6 Å². The van der Waals surface area contributed by atoms with E-state index in [-0.39, 0.29) is 24.1 Å². The van der Waals surface area contributed by atoms with Gasteiger partial charge < -0.3 is 14.4 Å². The van der Waals surface area contributed by atoms with Gasteiger partial charge in [-0.3, -0.25) is 5.01 Å². The van der Waals surface area contributed by atoms with Gasteiger partial charge in [0.15, 0.2) is 5.76 Å². The monoisotopic (exact) mass is 546 g/mol. The molecule has 202 valence electrons. The summed E-state index contributed by atoms with van der Waals surface area (Å²) in [6.07, 6.45) is -6.33. The molecule has 0 aliphatic carbocycles. The quantitative estimate of drug-likeness (QED) is 0.295. The van der Waals surface area contributed by atoms with Crippen LogP contribution in [0.25, 0.3) is 11.3 Å². The number of H-pyrrole nitrogens is 1. The first kappa shape index (κ1) is 25.0. The first-order valence-electron chi connectivity index (χ1n) is 12.0. The van der Waals surface area contributed by atoms with Crippen LogP contribution in [-0.4, -0.2) is 32.9 Å². The van der Waals surface area contributed by atoms with Crippen LogP contribution < -0.4 is 4.90 Å². The van der Waals surface area contributed by atoms with Crippen LogP contribution in [0.5, 0.6) is 0 Å². The van der Waals surface area contributed by atoms with E-state index in [1.807, 2.05) is 12.1 Å². The van der Waals surface area contributed by atoms with Crippen molar-refractivity contribution in [2.24, 2.45) is 5.10 Å². The van der Waals surface area contributed by atoms with Crippen molar-refractivity contribution in [3.63, 3.8) is 0 Å². The lowest BCUT2D eigenvalue weighted by molar-refractivity contribution is -0.142. The van der Waals surface area contributed by atoms with Crippen LogP contribution in [0.1, 0.15) is 40.3 Å². The molecule has 13 heteroatoms. The number of hydrazone groups is 1. The molecule has 4 heterocycles. The third-order valence-electron chi connectivity index (χ3n) is 6.67. The number of rotatable bonds is 4. The average Bonchev–Trinajstić information content (AvgIpc) is 3.54. The first-order chi connectivity index (χ1) is 18.6. The Bertz CT molecular complexity index is 1550.